The van der Waals surface area contributed by atoms with Gasteiger partial charge >= 0.3 is 5.97 Å². The van der Waals surface area contributed by atoms with Crippen molar-refractivity contribution in [3.05, 3.63) is 35.4 Å². The van der Waals surface area contributed by atoms with Crippen LogP contribution in [-0.4, -0.2) is 25.5 Å². The van der Waals surface area contributed by atoms with E-state index < -0.39 is 0 Å². The standard InChI is InChI=1S/C15H21NO3/c1-12-5-3-6-13(11-12)8-9-14(17)16-10-4-7-15(18)19-2/h3,5-6,11H,4,7-10H2,1-2H3,(H,16,17). The maximum absolute atomic E-state index is 11.6. The van der Waals surface area contributed by atoms with Crippen LogP contribution < -0.4 is 5.32 Å². The molecule has 4 nitrogen and oxygen atoms in total. The normalized spacial score (nSPS) is 10.0. The third-order valence-electron chi connectivity index (χ3n) is 2.83. The summed E-state index contributed by atoms with van der Waals surface area (Å²) in [4.78, 5) is 22.5. The van der Waals surface area contributed by atoms with Gasteiger partial charge in [0.2, 0.25) is 5.91 Å². The average molecular weight is 263 g/mol. The fraction of sp³-hybridized carbons (Fsp3) is 0.467. The molecule has 1 rings (SSSR count). The highest BCUT2D eigenvalue weighted by Crippen LogP contribution is 2.06. The molecule has 0 heterocycles. The van der Waals surface area contributed by atoms with Crippen LogP contribution in [0.25, 0.3) is 0 Å². The second kappa shape index (κ2) is 8.29. The first-order valence-electron chi connectivity index (χ1n) is 6.51. The van der Waals surface area contributed by atoms with Gasteiger partial charge in [0.25, 0.3) is 0 Å². The number of ether oxygens (including phenoxy) is 1. The number of methoxy groups -OCH3 is 1. The topological polar surface area (TPSA) is 55.4 Å². The van der Waals surface area contributed by atoms with Crippen LogP contribution in [0.4, 0.5) is 0 Å². The van der Waals surface area contributed by atoms with E-state index >= 15 is 0 Å². The summed E-state index contributed by atoms with van der Waals surface area (Å²) in [7, 11) is 1.36. The number of hydrogen-bond acceptors (Lipinski definition) is 3. The maximum Gasteiger partial charge on any atom is 0.305 e. The lowest BCUT2D eigenvalue weighted by Crippen LogP contribution is -2.25. The number of benzene rings is 1. The molecule has 0 aromatic heterocycles. The predicted molar refractivity (Wildman–Crippen MR) is 73.8 cm³/mol. The molecular formula is C15H21NO3. The molecule has 0 aliphatic heterocycles. The van der Waals surface area contributed by atoms with Crippen molar-refractivity contribution < 1.29 is 14.3 Å². The Hall–Kier alpha value is -1.84. The smallest absolute Gasteiger partial charge is 0.305 e. The lowest BCUT2D eigenvalue weighted by molar-refractivity contribution is -0.140. The molecule has 0 fully saturated rings. The van der Waals surface area contributed by atoms with E-state index in [1.54, 1.807) is 0 Å². The summed E-state index contributed by atoms with van der Waals surface area (Å²) in [5, 5.41) is 2.80. The van der Waals surface area contributed by atoms with Crippen LogP contribution in [0, 0.1) is 6.92 Å². The van der Waals surface area contributed by atoms with E-state index in [0.717, 1.165) is 6.42 Å². The van der Waals surface area contributed by atoms with Crippen LogP contribution in [0.5, 0.6) is 0 Å². The van der Waals surface area contributed by atoms with Gasteiger partial charge in [0.1, 0.15) is 0 Å². The maximum atomic E-state index is 11.6. The summed E-state index contributed by atoms with van der Waals surface area (Å²) in [6.07, 6.45) is 2.17. The summed E-state index contributed by atoms with van der Waals surface area (Å²) in [5.74, 6) is -0.222. The molecule has 104 valence electrons. The molecule has 1 aromatic carbocycles. The molecule has 0 aliphatic carbocycles. The number of aryl methyl sites for hydroxylation is 2. The van der Waals surface area contributed by atoms with Crippen LogP contribution in [0.3, 0.4) is 0 Å². The van der Waals surface area contributed by atoms with Crippen LogP contribution in [-0.2, 0) is 20.7 Å². The Morgan fingerprint density at radius 2 is 2.05 bits per heavy atom. The molecule has 0 spiro atoms. The number of hydrogen-bond donors (Lipinski definition) is 1. The summed E-state index contributed by atoms with van der Waals surface area (Å²) >= 11 is 0. The lowest BCUT2D eigenvalue weighted by atomic mass is 10.1. The van der Waals surface area contributed by atoms with Gasteiger partial charge in [-0.15, -0.1) is 0 Å². The summed E-state index contributed by atoms with van der Waals surface area (Å²) < 4.78 is 4.52. The molecule has 0 saturated carbocycles. The van der Waals surface area contributed by atoms with Crippen molar-refractivity contribution in [1.29, 1.82) is 0 Å². The first-order valence-corrected chi connectivity index (χ1v) is 6.51. The van der Waals surface area contributed by atoms with Gasteiger partial charge in [-0.2, -0.15) is 0 Å². The van der Waals surface area contributed by atoms with Gasteiger partial charge in [0.15, 0.2) is 0 Å². The molecule has 4 heteroatoms. The molecule has 0 saturated heterocycles. The van der Waals surface area contributed by atoms with Crippen LogP contribution in [0.1, 0.15) is 30.4 Å². The third-order valence-corrected chi connectivity index (χ3v) is 2.83. The van der Waals surface area contributed by atoms with E-state index in [1.807, 2.05) is 25.1 Å². The van der Waals surface area contributed by atoms with Crippen LogP contribution in [0.2, 0.25) is 0 Å². The van der Waals surface area contributed by atoms with Crippen molar-refractivity contribution in [3.63, 3.8) is 0 Å². The Kier molecular flexibility index (Phi) is 6.64. The van der Waals surface area contributed by atoms with E-state index in [2.05, 4.69) is 16.1 Å². The highest BCUT2D eigenvalue weighted by Gasteiger charge is 2.03. The average Bonchev–Trinajstić information content (AvgIpc) is 2.41. The Labute approximate surface area is 114 Å². The lowest BCUT2D eigenvalue weighted by Gasteiger charge is -2.05. The van der Waals surface area contributed by atoms with Gasteiger partial charge in [-0.3, -0.25) is 9.59 Å². The SMILES string of the molecule is COC(=O)CCCNC(=O)CCc1cccc(C)c1. The quantitative estimate of drug-likeness (QED) is 0.604. The minimum absolute atomic E-state index is 0.0198. The summed E-state index contributed by atoms with van der Waals surface area (Å²) in [5.41, 5.74) is 2.38. The van der Waals surface area contributed by atoms with Gasteiger partial charge < -0.3 is 10.1 Å². The molecule has 19 heavy (non-hydrogen) atoms. The van der Waals surface area contributed by atoms with Gasteiger partial charge in [-0.25, -0.2) is 0 Å². The first kappa shape index (κ1) is 15.2. The Bertz CT molecular complexity index is 429. The second-order valence-electron chi connectivity index (χ2n) is 4.52. The molecule has 0 aliphatic rings. The first-order chi connectivity index (χ1) is 9.11. The highest BCUT2D eigenvalue weighted by atomic mass is 16.5. The van der Waals surface area contributed by atoms with E-state index in [1.165, 1.54) is 18.2 Å². The van der Waals surface area contributed by atoms with Crippen molar-refractivity contribution >= 4 is 11.9 Å². The number of carbonyl (C=O) groups is 2. The number of carbonyl (C=O) groups excluding carboxylic acids is 2. The second-order valence-corrected chi connectivity index (χ2v) is 4.52. The van der Waals surface area contributed by atoms with Crippen molar-refractivity contribution in [2.75, 3.05) is 13.7 Å². The van der Waals surface area contributed by atoms with E-state index in [0.29, 0.717) is 25.8 Å². The minimum Gasteiger partial charge on any atom is -0.469 e. The molecule has 0 atom stereocenters. The fourth-order valence-electron chi connectivity index (χ4n) is 1.78. The molecular weight excluding hydrogens is 242 g/mol. The van der Waals surface area contributed by atoms with Gasteiger partial charge in [0.05, 0.1) is 7.11 Å². The highest BCUT2D eigenvalue weighted by molar-refractivity contribution is 5.76. The largest absolute Gasteiger partial charge is 0.469 e. The third kappa shape index (κ3) is 6.60. The Morgan fingerprint density at radius 1 is 1.26 bits per heavy atom. The zero-order valence-electron chi connectivity index (χ0n) is 11.6. The van der Waals surface area contributed by atoms with Crippen LogP contribution >= 0.6 is 0 Å². The predicted octanol–water partition coefficient (Wildman–Crippen LogP) is 2.00. The van der Waals surface area contributed by atoms with Gasteiger partial charge in [-0.05, 0) is 25.3 Å². The zero-order chi connectivity index (χ0) is 14.1. The monoisotopic (exact) mass is 263 g/mol. The molecule has 0 radical (unpaired) electrons. The minimum atomic E-state index is -0.242. The number of amides is 1. The van der Waals surface area contributed by atoms with Crippen molar-refractivity contribution in [2.24, 2.45) is 0 Å². The number of nitrogens with one attached hydrogen (secondary N) is 1. The number of rotatable bonds is 7. The van der Waals surface area contributed by atoms with Crippen molar-refractivity contribution in [3.8, 4) is 0 Å². The molecule has 0 unspecified atom stereocenters. The molecule has 1 aromatic rings. The van der Waals surface area contributed by atoms with Crippen molar-refractivity contribution in [2.45, 2.75) is 32.6 Å². The van der Waals surface area contributed by atoms with Crippen molar-refractivity contribution in [1.82, 2.24) is 5.32 Å². The van der Waals surface area contributed by atoms with E-state index in [-0.39, 0.29) is 11.9 Å². The molecule has 1 amide bonds. The van der Waals surface area contributed by atoms with Crippen LogP contribution in [0.15, 0.2) is 24.3 Å². The number of esters is 1. The van der Waals surface area contributed by atoms with Gasteiger partial charge in [0, 0.05) is 19.4 Å². The summed E-state index contributed by atoms with van der Waals surface area (Å²) in [6, 6.07) is 8.15. The fourth-order valence-corrected chi connectivity index (χ4v) is 1.78. The molecule has 1 N–H and O–H groups in total. The molecule has 0 bridgehead atoms. The zero-order valence-corrected chi connectivity index (χ0v) is 11.6. The Morgan fingerprint density at radius 3 is 2.74 bits per heavy atom. The Balaban J connectivity index is 2.16. The van der Waals surface area contributed by atoms with Gasteiger partial charge in [-0.1, -0.05) is 29.8 Å². The van der Waals surface area contributed by atoms with E-state index in [4.69, 9.17) is 0 Å². The van der Waals surface area contributed by atoms with E-state index in [9.17, 15) is 9.59 Å². The summed E-state index contributed by atoms with van der Waals surface area (Å²) in [6.45, 7) is 2.55.